The number of aromatic nitrogens is 1. The quantitative estimate of drug-likeness (QED) is 0.600. The molecule has 0 spiro atoms. The highest BCUT2D eigenvalue weighted by atomic mass is 35.5. The Balaban J connectivity index is 1.52. The number of benzene rings is 2. The SMILES string of the molecule is O=C(CCc1ccc(F)cc1)N1CCN2C(=O)c3cccnc3CC12c1ccc(Cl)cc1. The van der Waals surface area contributed by atoms with Gasteiger partial charge in [-0.05, 0) is 53.9 Å². The summed E-state index contributed by atoms with van der Waals surface area (Å²) in [5.41, 5.74) is 2.05. The van der Waals surface area contributed by atoms with Crippen LogP contribution in [0.2, 0.25) is 5.02 Å². The number of carbonyl (C=O) groups excluding carboxylic acids is 2. The Hall–Kier alpha value is -3.25. The Morgan fingerprint density at radius 3 is 2.56 bits per heavy atom. The van der Waals surface area contributed by atoms with Crippen molar-refractivity contribution in [1.82, 2.24) is 14.8 Å². The van der Waals surface area contributed by atoms with E-state index in [2.05, 4.69) is 4.98 Å². The Bertz CT molecular complexity index is 1180. The molecule has 1 saturated heterocycles. The van der Waals surface area contributed by atoms with Gasteiger partial charge in [0.25, 0.3) is 5.91 Å². The molecule has 0 aliphatic carbocycles. The standard InChI is InChI=1S/C25H21ClFN3O2/c26-19-8-6-18(7-9-19)25-16-22-21(2-1-13-28-22)24(32)30(25)15-14-29(25)23(31)12-5-17-3-10-20(27)11-4-17/h1-4,6-11,13H,5,12,14-16H2. The van der Waals surface area contributed by atoms with Gasteiger partial charge in [-0.15, -0.1) is 0 Å². The minimum absolute atomic E-state index is 0.0565. The molecule has 1 aromatic heterocycles. The highest BCUT2D eigenvalue weighted by Crippen LogP contribution is 2.44. The fraction of sp³-hybridized carbons (Fsp3) is 0.240. The number of amides is 2. The number of pyridine rings is 1. The molecule has 0 radical (unpaired) electrons. The summed E-state index contributed by atoms with van der Waals surface area (Å²) in [6.07, 6.45) is 2.85. The number of fused-ring (bicyclic) bond motifs is 2. The Labute approximate surface area is 190 Å². The lowest BCUT2D eigenvalue weighted by Gasteiger charge is -2.47. The van der Waals surface area contributed by atoms with Crippen LogP contribution in [-0.2, 0) is 23.3 Å². The maximum atomic E-state index is 13.5. The number of carbonyl (C=O) groups is 2. The predicted molar refractivity (Wildman–Crippen MR) is 119 cm³/mol. The van der Waals surface area contributed by atoms with Gasteiger partial charge in [0.2, 0.25) is 5.91 Å². The van der Waals surface area contributed by atoms with Crippen molar-refractivity contribution in [2.45, 2.75) is 24.9 Å². The van der Waals surface area contributed by atoms with E-state index in [1.54, 1.807) is 52.4 Å². The van der Waals surface area contributed by atoms with Gasteiger partial charge in [-0.25, -0.2) is 4.39 Å². The first kappa shape index (κ1) is 20.6. The first-order valence-corrected chi connectivity index (χ1v) is 10.9. The van der Waals surface area contributed by atoms with E-state index in [4.69, 9.17) is 11.6 Å². The van der Waals surface area contributed by atoms with Crippen molar-refractivity contribution < 1.29 is 14.0 Å². The van der Waals surface area contributed by atoms with Crippen LogP contribution in [0.1, 0.15) is 33.6 Å². The lowest BCUT2D eigenvalue weighted by atomic mass is 9.86. The molecular formula is C25H21ClFN3O2. The molecule has 2 aliphatic heterocycles. The van der Waals surface area contributed by atoms with E-state index in [1.807, 2.05) is 12.1 Å². The summed E-state index contributed by atoms with van der Waals surface area (Å²) in [5.74, 6) is -0.481. The third-order valence-electron chi connectivity index (χ3n) is 6.37. The third-order valence-corrected chi connectivity index (χ3v) is 6.62. The van der Waals surface area contributed by atoms with Gasteiger partial charge in [0.05, 0.1) is 11.3 Å². The molecule has 0 N–H and O–H groups in total. The van der Waals surface area contributed by atoms with Crippen LogP contribution in [0.25, 0.3) is 0 Å². The van der Waals surface area contributed by atoms with Crippen LogP contribution in [0.5, 0.6) is 0 Å². The summed E-state index contributed by atoms with van der Waals surface area (Å²) < 4.78 is 13.2. The van der Waals surface area contributed by atoms with Crippen molar-refractivity contribution in [2.24, 2.45) is 0 Å². The van der Waals surface area contributed by atoms with E-state index in [1.165, 1.54) is 12.1 Å². The van der Waals surface area contributed by atoms with Gasteiger partial charge in [-0.1, -0.05) is 35.9 Å². The Morgan fingerprint density at radius 2 is 1.81 bits per heavy atom. The third kappa shape index (κ3) is 3.35. The number of hydrogen-bond donors (Lipinski definition) is 0. The fourth-order valence-electron chi connectivity index (χ4n) is 4.83. The predicted octanol–water partition coefficient (Wildman–Crippen LogP) is 4.20. The lowest BCUT2D eigenvalue weighted by molar-refractivity contribution is -0.139. The molecule has 1 fully saturated rings. The topological polar surface area (TPSA) is 53.5 Å². The average Bonchev–Trinajstić information content (AvgIpc) is 3.20. The zero-order valence-electron chi connectivity index (χ0n) is 17.3. The number of rotatable bonds is 4. The summed E-state index contributed by atoms with van der Waals surface area (Å²) in [7, 11) is 0. The summed E-state index contributed by atoms with van der Waals surface area (Å²) in [5, 5.41) is 0.588. The number of aryl methyl sites for hydroxylation is 1. The smallest absolute Gasteiger partial charge is 0.257 e. The number of nitrogens with zero attached hydrogens (tertiary/aromatic N) is 3. The van der Waals surface area contributed by atoms with E-state index in [0.717, 1.165) is 11.1 Å². The molecule has 2 aliphatic rings. The van der Waals surface area contributed by atoms with Gasteiger partial charge >= 0.3 is 0 Å². The van der Waals surface area contributed by atoms with E-state index in [-0.39, 0.29) is 24.1 Å². The zero-order valence-corrected chi connectivity index (χ0v) is 18.1. The van der Waals surface area contributed by atoms with Gasteiger partial charge in [-0.3, -0.25) is 14.6 Å². The molecule has 3 aromatic rings. The fourth-order valence-corrected chi connectivity index (χ4v) is 4.95. The van der Waals surface area contributed by atoms with Crippen LogP contribution in [0.3, 0.4) is 0 Å². The molecule has 5 nitrogen and oxygen atoms in total. The summed E-state index contributed by atoms with van der Waals surface area (Å²) in [4.78, 5) is 34.9. The molecule has 1 atom stereocenters. The normalized spacial score (nSPS) is 19.6. The average molecular weight is 450 g/mol. The molecule has 0 saturated carbocycles. The van der Waals surface area contributed by atoms with Gasteiger partial charge in [0.1, 0.15) is 11.5 Å². The first-order valence-electron chi connectivity index (χ1n) is 10.6. The first-order chi connectivity index (χ1) is 15.5. The maximum Gasteiger partial charge on any atom is 0.257 e. The number of halogens is 2. The second kappa shape index (κ2) is 8.02. The minimum atomic E-state index is -0.942. The van der Waals surface area contributed by atoms with Crippen LogP contribution >= 0.6 is 11.6 Å². The molecule has 32 heavy (non-hydrogen) atoms. The van der Waals surface area contributed by atoms with Crippen molar-refractivity contribution >= 4 is 23.4 Å². The Kier molecular flexibility index (Phi) is 5.18. The van der Waals surface area contributed by atoms with Gasteiger partial charge in [-0.2, -0.15) is 0 Å². The highest BCUT2D eigenvalue weighted by Gasteiger charge is 2.55. The van der Waals surface area contributed by atoms with E-state index in [0.29, 0.717) is 42.2 Å². The minimum Gasteiger partial charge on any atom is -0.313 e. The van der Waals surface area contributed by atoms with E-state index in [9.17, 15) is 14.0 Å². The molecule has 1 unspecified atom stereocenters. The monoisotopic (exact) mass is 449 g/mol. The molecule has 7 heteroatoms. The van der Waals surface area contributed by atoms with Crippen molar-refractivity contribution in [1.29, 1.82) is 0 Å². The van der Waals surface area contributed by atoms with Crippen LogP contribution < -0.4 is 0 Å². The van der Waals surface area contributed by atoms with Crippen molar-refractivity contribution in [3.05, 3.63) is 100 Å². The van der Waals surface area contributed by atoms with Crippen LogP contribution in [0.4, 0.5) is 4.39 Å². The van der Waals surface area contributed by atoms with Crippen molar-refractivity contribution in [3.63, 3.8) is 0 Å². The molecule has 162 valence electrons. The molecule has 0 bridgehead atoms. The van der Waals surface area contributed by atoms with Gasteiger partial charge in [0.15, 0.2) is 0 Å². The van der Waals surface area contributed by atoms with Crippen LogP contribution in [0.15, 0.2) is 66.9 Å². The second-order valence-electron chi connectivity index (χ2n) is 8.13. The van der Waals surface area contributed by atoms with E-state index >= 15 is 0 Å². The largest absolute Gasteiger partial charge is 0.313 e. The summed E-state index contributed by atoms with van der Waals surface area (Å²) in [6.45, 7) is 0.878. The van der Waals surface area contributed by atoms with E-state index < -0.39 is 5.66 Å². The maximum absolute atomic E-state index is 13.5. The van der Waals surface area contributed by atoms with Crippen molar-refractivity contribution in [2.75, 3.05) is 13.1 Å². The summed E-state index contributed by atoms with van der Waals surface area (Å²) >= 11 is 6.13. The summed E-state index contributed by atoms with van der Waals surface area (Å²) in [6, 6.07) is 17.0. The lowest BCUT2D eigenvalue weighted by Crippen LogP contribution is -2.58. The second-order valence-corrected chi connectivity index (χ2v) is 8.56. The van der Waals surface area contributed by atoms with Gasteiger partial charge in [0, 0.05) is 37.2 Å². The number of hydrogen-bond acceptors (Lipinski definition) is 3. The van der Waals surface area contributed by atoms with Crippen molar-refractivity contribution in [3.8, 4) is 0 Å². The molecule has 2 aromatic carbocycles. The van der Waals surface area contributed by atoms with Crippen LogP contribution in [-0.4, -0.2) is 39.7 Å². The molecule has 2 amide bonds. The van der Waals surface area contributed by atoms with Gasteiger partial charge < -0.3 is 9.80 Å². The molecular weight excluding hydrogens is 429 g/mol. The molecule has 5 rings (SSSR count). The zero-order chi connectivity index (χ0) is 22.3. The molecule has 3 heterocycles. The Morgan fingerprint density at radius 1 is 1.06 bits per heavy atom. The van der Waals surface area contributed by atoms with Crippen LogP contribution in [0, 0.1) is 5.82 Å². The highest BCUT2D eigenvalue weighted by molar-refractivity contribution is 6.30.